The number of nitrogens with one attached hydrogen (secondary N) is 2. The highest BCUT2D eigenvalue weighted by molar-refractivity contribution is 6.02. The Morgan fingerprint density at radius 1 is 0.923 bits per heavy atom. The minimum absolute atomic E-state index is 0.0263. The predicted octanol–water partition coefficient (Wildman–Crippen LogP) is 4.83. The molecule has 3 amide bonds. The topological polar surface area (TPSA) is 123 Å². The van der Waals surface area contributed by atoms with Crippen LogP contribution in [0.5, 0.6) is 11.5 Å². The van der Waals surface area contributed by atoms with Gasteiger partial charge in [-0.1, -0.05) is 18.2 Å². The van der Waals surface area contributed by atoms with E-state index in [2.05, 4.69) is 10.6 Å². The molecule has 3 aromatic rings. The summed E-state index contributed by atoms with van der Waals surface area (Å²) in [6.07, 6.45) is 0.801. The minimum Gasteiger partial charge on any atom is -0.494 e. The monoisotopic (exact) mass is 533 g/mol. The molecular formula is C29H31N3O7. The van der Waals surface area contributed by atoms with Crippen LogP contribution in [0, 0.1) is 6.92 Å². The summed E-state index contributed by atoms with van der Waals surface area (Å²) >= 11 is 0. The molecule has 0 aromatic heterocycles. The second kappa shape index (κ2) is 14.2. The van der Waals surface area contributed by atoms with Gasteiger partial charge in [-0.3, -0.25) is 4.79 Å². The van der Waals surface area contributed by atoms with Crippen LogP contribution in [0.15, 0.2) is 66.7 Å². The number of rotatable bonds is 12. The van der Waals surface area contributed by atoms with E-state index >= 15 is 0 Å². The van der Waals surface area contributed by atoms with E-state index in [0.717, 1.165) is 5.56 Å². The molecule has 3 aromatic carbocycles. The van der Waals surface area contributed by atoms with Crippen LogP contribution >= 0.6 is 0 Å². The fraction of sp³-hybridized carbons (Fsp3) is 0.241. The van der Waals surface area contributed by atoms with E-state index in [0.29, 0.717) is 40.4 Å². The molecule has 0 unspecified atom stereocenters. The van der Waals surface area contributed by atoms with E-state index in [1.165, 1.54) is 19.1 Å². The fourth-order valence-electron chi connectivity index (χ4n) is 3.72. The van der Waals surface area contributed by atoms with Crippen LogP contribution in [0.2, 0.25) is 0 Å². The van der Waals surface area contributed by atoms with Crippen LogP contribution in [-0.2, 0) is 14.3 Å². The van der Waals surface area contributed by atoms with Crippen molar-refractivity contribution >= 4 is 41.3 Å². The van der Waals surface area contributed by atoms with Crippen molar-refractivity contribution in [3.63, 3.8) is 0 Å². The van der Waals surface area contributed by atoms with E-state index in [1.807, 2.05) is 25.1 Å². The smallest absolute Gasteiger partial charge is 0.337 e. The second-order valence-electron chi connectivity index (χ2n) is 8.39. The zero-order chi connectivity index (χ0) is 28.2. The second-order valence-corrected chi connectivity index (χ2v) is 8.39. The molecule has 204 valence electrons. The van der Waals surface area contributed by atoms with E-state index in [9.17, 15) is 19.2 Å². The average Bonchev–Trinajstić information content (AvgIpc) is 2.95. The Morgan fingerprint density at radius 3 is 2.31 bits per heavy atom. The number of hydrogen-bond donors (Lipinski definition) is 2. The number of carbonyl (C=O) groups excluding carboxylic acids is 4. The Balaban J connectivity index is 1.72. The van der Waals surface area contributed by atoms with E-state index in [1.54, 1.807) is 48.5 Å². The van der Waals surface area contributed by atoms with Gasteiger partial charge in [0.25, 0.3) is 0 Å². The highest BCUT2D eigenvalue weighted by Crippen LogP contribution is 2.31. The highest BCUT2D eigenvalue weighted by atomic mass is 16.5. The summed E-state index contributed by atoms with van der Waals surface area (Å²) in [5.41, 5.74) is 2.91. The molecule has 2 N–H and O–H groups in total. The molecular weight excluding hydrogens is 502 g/mol. The third-order valence-electron chi connectivity index (χ3n) is 5.77. The first kappa shape index (κ1) is 28.7. The molecule has 10 heteroatoms. The van der Waals surface area contributed by atoms with Gasteiger partial charge in [-0.25, -0.2) is 9.59 Å². The van der Waals surface area contributed by atoms with E-state index in [4.69, 9.17) is 14.2 Å². The van der Waals surface area contributed by atoms with Gasteiger partial charge in [-0.2, -0.15) is 0 Å². The van der Waals surface area contributed by atoms with E-state index in [-0.39, 0.29) is 31.9 Å². The summed E-state index contributed by atoms with van der Waals surface area (Å²) in [6.45, 7) is 2.22. The summed E-state index contributed by atoms with van der Waals surface area (Å²) in [5, 5.41) is 5.57. The number of ether oxygens (including phenoxy) is 3. The number of benzene rings is 3. The Bertz CT molecular complexity index is 1310. The number of aldehydes is 1. The van der Waals surface area contributed by atoms with Crippen LogP contribution < -0.4 is 25.0 Å². The summed E-state index contributed by atoms with van der Waals surface area (Å²) in [5.74, 6) is 0.138. The van der Waals surface area contributed by atoms with Crippen molar-refractivity contribution in [1.29, 1.82) is 0 Å². The van der Waals surface area contributed by atoms with Gasteiger partial charge in [0.1, 0.15) is 24.4 Å². The van der Waals surface area contributed by atoms with Crippen molar-refractivity contribution in [3.8, 4) is 11.5 Å². The lowest BCUT2D eigenvalue weighted by Crippen LogP contribution is -2.34. The third kappa shape index (κ3) is 8.06. The SMILES string of the molecule is COC(=O)c1ccc(OCCN(C(=O)CCC=O)c2ccc(NC(=O)Nc3ccccc3C)c(OC)c2)cc1. The van der Waals surface area contributed by atoms with Crippen molar-refractivity contribution in [2.75, 3.05) is 42.9 Å². The summed E-state index contributed by atoms with van der Waals surface area (Å²) in [7, 11) is 2.77. The summed E-state index contributed by atoms with van der Waals surface area (Å²) in [6, 6.07) is 18.3. The van der Waals surface area contributed by atoms with Crippen molar-refractivity contribution in [2.45, 2.75) is 19.8 Å². The minimum atomic E-state index is -0.451. The number of carbonyl (C=O) groups is 4. The maximum absolute atomic E-state index is 12.9. The van der Waals surface area contributed by atoms with Gasteiger partial charge in [0.05, 0.1) is 32.0 Å². The molecule has 0 saturated heterocycles. The first-order valence-corrected chi connectivity index (χ1v) is 12.2. The number of aryl methyl sites for hydroxylation is 1. The Kier molecular flexibility index (Phi) is 10.4. The number of esters is 1. The van der Waals surface area contributed by atoms with Gasteiger partial charge in [0.2, 0.25) is 5.91 Å². The van der Waals surface area contributed by atoms with Gasteiger partial charge in [-0.15, -0.1) is 0 Å². The van der Waals surface area contributed by atoms with Crippen molar-refractivity contribution < 1.29 is 33.4 Å². The van der Waals surface area contributed by atoms with Gasteiger partial charge in [0.15, 0.2) is 0 Å². The summed E-state index contributed by atoms with van der Waals surface area (Å²) in [4.78, 5) is 49.5. The molecule has 0 heterocycles. The van der Waals surface area contributed by atoms with Crippen LogP contribution in [0.25, 0.3) is 0 Å². The maximum Gasteiger partial charge on any atom is 0.337 e. The number of hydrogen-bond acceptors (Lipinski definition) is 7. The van der Waals surface area contributed by atoms with E-state index < -0.39 is 12.0 Å². The van der Waals surface area contributed by atoms with Crippen molar-refractivity contribution in [1.82, 2.24) is 0 Å². The van der Waals surface area contributed by atoms with Crippen LogP contribution in [0.3, 0.4) is 0 Å². The normalized spacial score (nSPS) is 10.2. The zero-order valence-corrected chi connectivity index (χ0v) is 22.1. The average molecular weight is 534 g/mol. The van der Waals surface area contributed by atoms with Crippen molar-refractivity contribution in [3.05, 3.63) is 77.9 Å². The highest BCUT2D eigenvalue weighted by Gasteiger charge is 2.18. The standard InChI is InChI=1S/C29H31N3O7/c1-20-7-4-5-8-24(20)30-29(36)31-25-15-12-22(19-26(25)37-2)32(27(34)9-6-17-33)16-18-39-23-13-10-21(11-14-23)28(35)38-3/h4-5,7-8,10-15,17,19H,6,9,16,18H2,1-3H3,(H2,30,31,36). The molecule has 0 radical (unpaired) electrons. The lowest BCUT2D eigenvalue weighted by molar-refractivity contribution is -0.120. The van der Waals surface area contributed by atoms with Crippen LogP contribution in [0.1, 0.15) is 28.8 Å². The maximum atomic E-state index is 12.9. The number of anilines is 3. The molecule has 10 nitrogen and oxygen atoms in total. The zero-order valence-electron chi connectivity index (χ0n) is 22.1. The summed E-state index contributed by atoms with van der Waals surface area (Å²) < 4.78 is 15.9. The molecule has 0 aliphatic carbocycles. The molecule has 0 bridgehead atoms. The molecule has 0 saturated carbocycles. The number of para-hydroxylation sites is 1. The molecule has 0 atom stereocenters. The number of methoxy groups -OCH3 is 2. The van der Waals surface area contributed by atoms with Gasteiger partial charge < -0.3 is 34.5 Å². The Hall–Kier alpha value is -4.86. The number of urea groups is 1. The number of nitrogens with zero attached hydrogens (tertiary/aromatic N) is 1. The lowest BCUT2D eigenvalue weighted by Gasteiger charge is -2.24. The van der Waals surface area contributed by atoms with Gasteiger partial charge >= 0.3 is 12.0 Å². The first-order valence-electron chi connectivity index (χ1n) is 12.2. The molecule has 0 aliphatic rings. The Labute approximate surface area is 226 Å². The first-order chi connectivity index (χ1) is 18.9. The third-order valence-corrected chi connectivity index (χ3v) is 5.77. The van der Waals surface area contributed by atoms with Crippen molar-refractivity contribution in [2.24, 2.45) is 0 Å². The molecule has 0 fully saturated rings. The molecule has 39 heavy (non-hydrogen) atoms. The molecule has 0 aliphatic heterocycles. The van der Waals surface area contributed by atoms with Gasteiger partial charge in [0, 0.05) is 30.3 Å². The lowest BCUT2D eigenvalue weighted by atomic mass is 10.2. The van der Waals surface area contributed by atoms with Gasteiger partial charge in [-0.05, 0) is 55.0 Å². The van der Waals surface area contributed by atoms with Crippen LogP contribution in [-0.4, -0.2) is 51.6 Å². The molecule has 0 spiro atoms. The predicted molar refractivity (Wildman–Crippen MR) is 148 cm³/mol. The largest absolute Gasteiger partial charge is 0.494 e. The quantitative estimate of drug-likeness (QED) is 0.253. The van der Waals surface area contributed by atoms with Crippen LogP contribution in [0.4, 0.5) is 21.9 Å². The Morgan fingerprint density at radius 2 is 1.64 bits per heavy atom. The fourth-order valence-corrected chi connectivity index (χ4v) is 3.72. The molecule has 3 rings (SSSR count). The number of amides is 3.